The number of nitrogens with zero attached hydrogens (tertiary/aromatic N) is 1. The molecule has 0 radical (unpaired) electrons. The molecule has 1 amide bonds. The zero-order valence-electron chi connectivity index (χ0n) is 10.5. The Morgan fingerprint density at radius 3 is 2.47 bits per heavy atom. The first kappa shape index (κ1) is 14.4. The standard InChI is InChI=1S/C11H25N3O/c1-10(2)9-12-6-5-11(15)13-7-8-14(3)4/h10,12H,5-9H2,1-4H3,(H,13,15). The van der Waals surface area contributed by atoms with Crippen LogP contribution < -0.4 is 10.6 Å². The molecule has 4 nitrogen and oxygen atoms in total. The lowest BCUT2D eigenvalue weighted by molar-refractivity contribution is -0.121. The van der Waals surface area contributed by atoms with Gasteiger partial charge >= 0.3 is 0 Å². The van der Waals surface area contributed by atoms with Crippen LogP contribution in [0.1, 0.15) is 20.3 Å². The van der Waals surface area contributed by atoms with Gasteiger partial charge in [-0.1, -0.05) is 13.8 Å². The third-order valence-electron chi connectivity index (χ3n) is 1.96. The van der Waals surface area contributed by atoms with E-state index in [0.29, 0.717) is 12.3 Å². The van der Waals surface area contributed by atoms with Gasteiger partial charge in [-0.2, -0.15) is 0 Å². The van der Waals surface area contributed by atoms with E-state index >= 15 is 0 Å². The number of carbonyl (C=O) groups is 1. The molecule has 0 aliphatic carbocycles. The minimum atomic E-state index is 0.133. The molecule has 0 aromatic carbocycles. The monoisotopic (exact) mass is 215 g/mol. The van der Waals surface area contributed by atoms with Crippen LogP contribution in [0.5, 0.6) is 0 Å². The molecule has 0 aliphatic rings. The molecule has 0 bridgehead atoms. The Morgan fingerprint density at radius 2 is 1.93 bits per heavy atom. The Balaban J connectivity index is 3.26. The van der Waals surface area contributed by atoms with Gasteiger partial charge in [0.1, 0.15) is 0 Å². The van der Waals surface area contributed by atoms with Gasteiger partial charge in [0, 0.05) is 26.1 Å². The number of amides is 1. The van der Waals surface area contributed by atoms with Crippen LogP contribution in [-0.4, -0.2) is 51.1 Å². The summed E-state index contributed by atoms with van der Waals surface area (Å²) in [6, 6.07) is 0. The van der Waals surface area contributed by atoms with Gasteiger partial charge in [-0.15, -0.1) is 0 Å². The lowest BCUT2D eigenvalue weighted by Crippen LogP contribution is -2.33. The van der Waals surface area contributed by atoms with Gasteiger partial charge < -0.3 is 15.5 Å². The molecule has 0 spiro atoms. The normalized spacial score (nSPS) is 11.1. The number of rotatable bonds is 8. The zero-order chi connectivity index (χ0) is 11.7. The summed E-state index contributed by atoms with van der Waals surface area (Å²) in [6.45, 7) is 7.69. The van der Waals surface area contributed by atoms with E-state index in [2.05, 4.69) is 29.4 Å². The van der Waals surface area contributed by atoms with Crippen molar-refractivity contribution in [1.29, 1.82) is 0 Å². The number of hydrogen-bond acceptors (Lipinski definition) is 3. The first-order chi connectivity index (χ1) is 7.02. The molecule has 2 N–H and O–H groups in total. The molecule has 4 heteroatoms. The van der Waals surface area contributed by atoms with Gasteiger partial charge in [0.05, 0.1) is 0 Å². The van der Waals surface area contributed by atoms with Gasteiger partial charge in [0.25, 0.3) is 0 Å². The Hall–Kier alpha value is -0.610. The molecule has 0 aromatic rings. The average Bonchev–Trinajstić information content (AvgIpc) is 2.11. The predicted molar refractivity (Wildman–Crippen MR) is 63.9 cm³/mol. The molecule has 0 heterocycles. The highest BCUT2D eigenvalue weighted by Gasteiger charge is 2.00. The second-order valence-corrected chi connectivity index (χ2v) is 4.50. The smallest absolute Gasteiger partial charge is 0.221 e. The summed E-state index contributed by atoms with van der Waals surface area (Å²) in [5.41, 5.74) is 0. The van der Waals surface area contributed by atoms with Crippen LogP contribution >= 0.6 is 0 Å². The van der Waals surface area contributed by atoms with Gasteiger partial charge in [-0.3, -0.25) is 4.79 Å². The molecular weight excluding hydrogens is 190 g/mol. The highest BCUT2D eigenvalue weighted by atomic mass is 16.1. The van der Waals surface area contributed by atoms with Crippen LogP contribution in [0.4, 0.5) is 0 Å². The second kappa shape index (κ2) is 8.68. The molecule has 0 saturated carbocycles. The van der Waals surface area contributed by atoms with Crippen LogP contribution in [0.2, 0.25) is 0 Å². The summed E-state index contributed by atoms with van der Waals surface area (Å²) >= 11 is 0. The maximum absolute atomic E-state index is 11.3. The van der Waals surface area contributed by atoms with Gasteiger partial charge in [0.15, 0.2) is 0 Å². The van der Waals surface area contributed by atoms with E-state index in [1.165, 1.54) is 0 Å². The van der Waals surface area contributed by atoms with E-state index in [4.69, 9.17) is 0 Å². The van der Waals surface area contributed by atoms with E-state index in [1.807, 2.05) is 14.1 Å². The molecule has 0 atom stereocenters. The van der Waals surface area contributed by atoms with Crippen molar-refractivity contribution in [3.63, 3.8) is 0 Å². The van der Waals surface area contributed by atoms with Crippen molar-refractivity contribution in [1.82, 2.24) is 15.5 Å². The fourth-order valence-corrected chi connectivity index (χ4v) is 1.10. The van der Waals surface area contributed by atoms with Crippen LogP contribution in [-0.2, 0) is 4.79 Å². The third-order valence-corrected chi connectivity index (χ3v) is 1.96. The molecule has 0 rings (SSSR count). The van der Waals surface area contributed by atoms with E-state index in [-0.39, 0.29) is 5.91 Å². The van der Waals surface area contributed by atoms with Gasteiger partial charge in [0.2, 0.25) is 5.91 Å². The van der Waals surface area contributed by atoms with Crippen molar-refractivity contribution in [2.75, 3.05) is 40.3 Å². The Kier molecular flexibility index (Phi) is 8.33. The van der Waals surface area contributed by atoms with Crippen molar-refractivity contribution < 1.29 is 4.79 Å². The maximum atomic E-state index is 11.3. The summed E-state index contributed by atoms with van der Waals surface area (Å²) in [7, 11) is 3.99. The molecule has 0 aliphatic heterocycles. The lowest BCUT2D eigenvalue weighted by atomic mass is 10.2. The molecule has 0 aromatic heterocycles. The van der Waals surface area contributed by atoms with E-state index in [1.54, 1.807) is 0 Å². The summed E-state index contributed by atoms with van der Waals surface area (Å²) in [5.74, 6) is 0.773. The van der Waals surface area contributed by atoms with E-state index in [0.717, 1.165) is 26.2 Å². The number of hydrogen-bond donors (Lipinski definition) is 2. The highest BCUT2D eigenvalue weighted by Crippen LogP contribution is 1.87. The topological polar surface area (TPSA) is 44.4 Å². The van der Waals surface area contributed by atoms with Crippen molar-refractivity contribution in [3.05, 3.63) is 0 Å². The molecular formula is C11H25N3O. The molecule has 0 unspecified atom stereocenters. The Bertz CT molecular complexity index is 169. The lowest BCUT2D eigenvalue weighted by Gasteiger charge is -2.11. The summed E-state index contributed by atoms with van der Waals surface area (Å²) < 4.78 is 0. The Labute approximate surface area is 93.4 Å². The molecule has 15 heavy (non-hydrogen) atoms. The quantitative estimate of drug-likeness (QED) is 0.572. The molecule has 0 saturated heterocycles. The largest absolute Gasteiger partial charge is 0.355 e. The van der Waals surface area contributed by atoms with Gasteiger partial charge in [-0.25, -0.2) is 0 Å². The molecule has 90 valence electrons. The zero-order valence-corrected chi connectivity index (χ0v) is 10.5. The van der Waals surface area contributed by atoms with Crippen LogP contribution in [0.25, 0.3) is 0 Å². The first-order valence-corrected chi connectivity index (χ1v) is 5.64. The number of likely N-dealkylation sites (N-methyl/N-ethyl adjacent to an activating group) is 1. The minimum Gasteiger partial charge on any atom is -0.355 e. The van der Waals surface area contributed by atoms with Crippen molar-refractivity contribution >= 4 is 5.91 Å². The summed E-state index contributed by atoms with van der Waals surface area (Å²) in [5, 5.41) is 6.13. The van der Waals surface area contributed by atoms with Crippen molar-refractivity contribution in [3.8, 4) is 0 Å². The maximum Gasteiger partial charge on any atom is 0.221 e. The van der Waals surface area contributed by atoms with Crippen molar-refractivity contribution in [2.45, 2.75) is 20.3 Å². The van der Waals surface area contributed by atoms with Crippen LogP contribution in [0, 0.1) is 5.92 Å². The highest BCUT2D eigenvalue weighted by molar-refractivity contribution is 5.76. The van der Waals surface area contributed by atoms with Crippen LogP contribution in [0.15, 0.2) is 0 Å². The number of carbonyl (C=O) groups excluding carboxylic acids is 1. The minimum absolute atomic E-state index is 0.133. The second-order valence-electron chi connectivity index (χ2n) is 4.50. The average molecular weight is 215 g/mol. The van der Waals surface area contributed by atoms with Crippen LogP contribution in [0.3, 0.4) is 0 Å². The van der Waals surface area contributed by atoms with Crippen molar-refractivity contribution in [2.24, 2.45) is 5.92 Å². The fraction of sp³-hybridized carbons (Fsp3) is 0.909. The summed E-state index contributed by atoms with van der Waals surface area (Å²) in [6.07, 6.45) is 0.570. The predicted octanol–water partition coefficient (Wildman–Crippen LogP) is 0.300. The molecule has 0 fully saturated rings. The van der Waals surface area contributed by atoms with E-state index < -0.39 is 0 Å². The SMILES string of the molecule is CC(C)CNCCC(=O)NCCN(C)C. The van der Waals surface area contributed by atoms with Gasteiger partial charge in [-0.05, 0) is 26.6 Å². The van der Waals surface area contributed by atoms with E-state index in [9.17, 15) is 4.79 Å². The Morgan fingerprint density at radius 1 is 1.27 bits per heavy atom. The fourth-order valence-electron chi connectivity index (χ4n) is 1.10. The third kappa shape index (κ3) is 11.3. The number of nitrogens with one attached hydrogen (secondary N) is 2. The first-order valence-electron chi connectivity index (χ1n) is 5.64. The summed E-state index contributed by atoms with van der Waals surface area (Å²) in [4.78, 5) is 13.4.